The molecule has 10 nitrogen and oxygen atoms in total. The molecule has 53 heavy (non-hydrogen) atoms. The van der Waals surface area contributed by atoms with Crippen LogP contribution in [0.1, 0.15) is 102 Å². The number of para-hydroxylation sites is 4. The van der Waals surface area contributed by atoms with E-state index in [-0.39, 0.29) is 82.0 Å². The van der Waals surface area contributed by atoms with Crippen LogP contribution in [0.5, 0.6) is 34.5 Å². The molecule has 0 aliphatic heterocycles. The third-order valence-corrected chi connectivity index (χ3v) is 9.92. The first-order valence-corrected chi connectivity index (χ1v) is 20.8. The molecule has 0 atom stereocenters. The first-order chi connectivity index (χ1) is 24.8. The van der Waals surface area contributed by atoms with Crippen LogP contribution in [-0.4, -0.2) is 68.8 Å². The van der Waals surface area contributed by atoms with Crippen molar-refractivity contribution in [3.63, 3.8) is 0 Å². The quantitative estimate of drug-likeness (QED) is 0.0499. The molecule has 0 heterocycles. The number of phenols is 1. The van der Waals surface area contributed by atoms with Crippen molar-refractivity contribution in [1.29, 1.82) is 0 Å². The van der Waals surface area contributed by atoms with E-state index >= 15 is 0 Å². The Morgan fingerprint density at radius 3 is 1.51 bits per heavy atom. The Hall–Kier alpha value is -2.84. The van der Waals surface area contributed by atoms with Gasteiger partial charge in [-0.1, -0.05) is 114 Å². The van der Waals surface area contributed by atoms with Crippen LogP contribution in [0.3, 0.4) is 0 Å². The molecule has 0 saturated carbocycles. The zero-order valence-electron chi connectivity index (χ0n) is 30.7. The van der Waals surface area contributed by atoms with Crippen LogP contribution in [0, 0.1) is 0 Å². The molecule has 0 unspecified atom stereocenters. The van der Waals surface area contributed by atoms with E-state index in [4.69, 9.17) is 9.47 Å². The number of phenolic OH excluding ortho intramolecular Hbond substituents is 1. The van der Waals surface area contributed by atoms with Crippen LogP contribution in [0.15, 0.2) is 94.7 Å². The van der Waals surface area contributed by atoms with Crippen LogP contribution in [-0.2, 0) is 33.1 Å². The molecule has 0 amide bonds. The maximum atomic E-state index is 11.8. The molecule has 0 spiro atoms. The molecule has 4 aromatic carbocycles. The zero-order valence-corrected chi connectivity index (χ0v) is 34.5. The third kappa shape index (κ3) is 17.4. The number of ether oxygens (including phenoxy) is 2. The number of hydrogen-bond acceptors (Lipinski definition) is 9. The van der Waals surface area contributed by atoms with E-state index in [0.29, 0.717) is 12.8 Å². The smallest absolute Gasteiger partial charge is 0.870 e. The van der Waals surface area contributed by atoms with Gasteiger partial charge in [-0.15, -0.1) is 0 Å². The van der Waals surface area contributed by atoms with Crippen LogP contribution >= 0.6 is 0 Å². The summed E-state index contributed by atoms with van der Waals surface area (Å²) in [5.74, 6) is 0.431. The van der Waals surface area contributed by atoms with Gasteiger partial charge in [-0.3, -0.25) is 4.55 Å². The standard InChI is InChI=1S/2C20H26O5S.Ca/c2*1-2-3-4-5-6-7-10-16-13-17(15-18(14-16)26(22,23)24)25-20-12-9-8-11-19(20)21;/h2*8-9,11-15,21H,2-7,10H2,1H3,(H,22,23,24);/q;;+2/p-2. The molecule has 284 valence electrons. The van der Waals surface area contributed by atoms with E-state index in [9.17, 15) is 36.2 Å². The Kier molecular flexibility index (Phi) is 20.8. The summed E-state index contributed by atoms with van der Waals surface area (Å²) >= 11 is 0. The number of rotatable bonds is 20. The Bertz CT molecular complexity index is 1780. The van der Waals surface area contributed by atoms with E-state index in [1.807, 2.05) is 0 Å². The minimum Gasteiger partial charge on any atom is -0.870 e. The number of aryl methyl sites for hydroxylation is 2. The molecule has 13 heteroatoms. The van der Waals surface area contributed by atoms with Gasteiger partial charge in [0.15, 0.2) is 11.5 Å². The normalized spacial score (nSPS) is 11.2. The SMILES string of the molecule is CCCCCCCCc1cc(Oc2ccccc2O)cc(S(=O)(=O)O)c1.CCCCCCCCc1cc(Oc2ccccc2[O-])cc(S(=O)(=O)[O-])c1.[Ca+2]. The van der Waals surface area contributed by atoms with E-state index in [2.05, 4.69) is 13.8 Å². The topological polar surface area (TPSA) is 173 Å². The van der Waals surface area contributed by atoms with Crippen molar-refractivity contribution >= 4 is 58.0 Å². The minimum atomic E-state index is -4.60. The van der Waals surface area contributed by atoms with Gasteiger partial charge in [-0.25, -0.2) is 8.42 Å². The van der Waals surface area contributed by atoms with Gasteiger partial charge < -0.3 is 24.2 Å². The van der Waals surface area contributed by atoms with Gasteiger partial charge in [0.05, 0.1) is 9.79 Å². The molecular weight excluding hydrogens is 745 g/mol. The van der Waals surface area contributed by atoms with Crippen LogP contribution in [0.2, 0.25) is 0 Å². The second kappa shape index (κ2) is 23.8. The fourth-order valence-corrected chi connectivity index (χ4v) is 6.63. The van der Waals surface area contributed by atoms with E-state index in [0.717, 1.165) is 49.7 Å². The zero-order chi connectivity index (χ0) is 38.0. The molecule has 0 aliphatic carbocycles. The van der Waals surface area contributed by atoms with Crippen molar-refractivity contribution in [3.8, 4) is 34.5 Å². The molecular formula is C40H50CaO10S2. The summed E-state index contributed by atoms with van der Waals surface area (Å²) in [5, 5.41) is 21.6. The fourth-order valence-electron chi connectivity index (χ4n) is 5.51. The van der Waals surface area contributed by atoms with Gasteiger partial charge in [0, 0.05) is 6.07 Å². The third-order valence-electron chi connectivity index (χ3n) is 8.27. The van der Waals surface area contributed by atoms with Crippen molar-refractivity contribution in [2.45, 2.75) is 114 Å². The Morgan fingerprint density at radius 2 is 1.02 bits per heavy atom. The predicted octanol–water partition coefficient (Wildman–Crippen LogP) is 9.31. The van der Waals surface area contributed by atoms with Crippen LogP contribution in [0.4, 0.5) is 0 Å². The maximum Gasteiger partial charge on any atom is 2.00 e. The maximum absolute atomic E-state index is 11.8. The van der Waals surface area contributed by atoms with Crippen LogP contribution in [0.25, 0.3) is 0 Å². The average molecular weight is 795 g/mol. The van der Waals surface area contributed by atoms with Gasteiger partial charge in [0.1, 0.15) is 27.4 Å². The summed E-state index contributed by atoms with van der Waals surface area (Å²) in [7, 11) is -8.94. The molecule has 0 bridgehead atoms. The summed E-state index contributed by atoms with van der Waals surface area (Å²) < 4.78 is 78.0. The van der Waals surface area contributed by atoms with Crippen molar-refractivity contribution in [1.82, 2.24) is 0 Å². The van der Waals surface area contributed by atoms with Crippen molar-refractivity contribution < 1.29 is 45.6 Å². The van der Waals surface area contributed by atoms with Crippen molar-refractivity contribution in [2.75, 3.05) is 0 Å². The second-order valence-corrected chi connectivity index (χ2v) is 15.5. The summed E-state index contributed by atoms with van der Waals surface area (Å²) in [4.78, 5) is -0.536. The first-order valence-electron chi connectivity index (χ1n) is 17.9. The molecule has 0 fully saturated rings. The Balaban J connectivity index is 0.000000360. The largest absolute Gasteiger partial charge is 2.00 e. The molecule has 4 aromatic rings. The number of hydrogen-bond donors (Lipinski definition) is 2. The van der Waals surface area contributed by atoms with Crippen LogP contribution < -0.4 is 14.6 Å². The van der Waals surface area contributed by atoms with Gasteiger partial charge in [0.2, 0.25) is 0 Å². The van der Waals surface area contributed by atoms with Gasteiger partial charge in [-0.2, -0.15) is 8.42 Å². The fraction of sp³-hybridized carbons (Fsp3) is 0.400. The molecule has 0 radical (unpaired) electrons. The van der Waals surface area contributed by atoms with Crippen molar-refractivity contribution in [3.05, 3.63) is 96.1 Å². The number of benzene rings is 4. The average Bonchev–Trinajstić information content (AvgIpc) is 3.09. The van der Waals surface area contributed by atoms with Gasteiger partial charge >= 0.3 is 37.7 Å². The monoisotopic (exact) mass is 794 g/mol. The van der Waals surface area contributed by atoms with E-state index in [1.165, 1.54) is 81.0 Å². The molecule has 4 rings (SSSR count). The predicted molar refractivity (Wildman–Crippen MR) is 205 cm³/mol. The minimum absolute atomic E-state index is 0. The Labute approximate surface area is 345 Å². The number of aromatic hydroxyl groups is 1. The van der Waals surface area contributed by atoms with E-state index in [1.54, 1.807) is 42.5 Å². The second-order valence-electron chi connectivity index (χ2n) is 12.7. The molecule has 0 aliphatic rings. The van der Waals surface area contributed by atoms with Gasteiger partial charge in [-0.05, 0) is 85.3 Å². The van der Waals surface area contributed by atoms with E-state index < -0.39 is 20.2 Å². The first kappa shape index (κ1) is 46.3. The van der Waals surface area contributed by atoms with Crippen molar-refractivity contribution in [2.24, 2.45) is 0 Å². The molecule has 0 aromatic heterocycles. The summed E-state index contributed by atoms with van der Waals surface area (Å²) in [6.07, 6.45) is 14.9. The summed E-state index contributed by atoms with van der Waals surface area (Å²) in [6.45, 7) is 4.34. The van der Waals surface area contributed by atoms with Gasteiger partial charge in [0.25, 0.3) is 10.1 Å². The molecule has 0 saturated heterocycles. The Morgan fingerprint density at radius 1 is 0.585 bits per heavy atom. The summed E-state index contributed by atoms with van der Waals surface area (Å²) in [5.41, 5.74) is 1.50. The molecule has 2 N–H and O–H groups in total. The number of unbranched alkanes of at least 4 members (excludes halogenated alkanes) is 10. The summed E-state index contributed by atoms with van der Waals surface area (Å²) in [6, 6.07) is 21.3.